The van der Waals surface area contributed by atoms with Crippen molar-refractivity contribution in [3.05, 3.63) is 40.7 Å². The van der Waals surface area contributed by atoms with E-state index in [1.54, 1.807) is 37.1 Å². The van der Waals surface area contributed by atoms with Crippen molar-refractivity contribution in [2.75, 3.05) is 23.4 Å². The Balaban J connectivity index is 1.59. The fourth-order valence-corrected chi connectivity index (χ4v) is 3.19. The molecule has 1 N–H and O–H groups in total. The van der Waals surface area contributed by atoms with Crippen molar-refractivity contribution in [2.24, 2.45) is 7.05 Å². The van der Waals surface area contributed by atoms with Gasteiger partial charge in [-0.05, 0) is 31.5 Å². The highest BCUT2D eigenvalue weighted by Crippen LogP contribution is 2.24. The molecular weight excluding hydrogens is 372 g/mol. The molecule has 2 amide bonds. The highest BCUT2D eigenvalue weighted by Gasteiger charge is 2.23. The van der Waals surface area contributed by atoms with Crippen LogP contribution in [0.15, 0.2) is 24.3 Å². The van der Waals surface area contributed by atoms with Gasteiger partial charge in [-0.3, -0.25) is 14.3 Å². The number of aryl methyl sites for hydroxylation is 2. The number of ether oxygens (including phenoxy) is 1. The fourth-order valence-electron chi connectivity index (χ4n) is 2.93. The molecule has 0 saturated carbocycles. The molecule has 1 aliphatic rings. The van der Waals surface area contributed by atoms with E-state index in [2.05, 4.69) is 10.4 Å². The van der Waals surface area contributed by atoms with E-state index in [-0.39, 0.29) is 16.6 Å². The zero-order valence-electron chi connectivity index (χ0n) is 15.0. The number of hydrogen-bond donors (Lipinski definition) is 1. The van der Waals surface area contributed by atoms with Gasteiger partial charge >= 0.3 is 5.97 Å². The summed E-state index contributed by atoms with van der Waals surface area (Å²) in [7, 11) is 1.61. The van der Waals surface area contributed by atoms with Gasteiger partial charge < -0.3 is 15.0 Å². The van der Waals surface area contributed by atoms with Crippen LogP contribution in [0.3, 0.4) is 0 Å². The lowest BCUT2D eigenvalue weighted by Gasteiger charge is -2.16. The van der Waals surface area contributed by atoms with E-state index in [1.165, 1.54) is 4.68 Å². The SMILES string of the molecule is Cc1nn(C)c(Cl)c1C(=O)OCC(=O)Nc1cccc(N2CCCC2=O)c1. The second-order valence-corrected chi connectivity index (χ2v) is 6.56. The van der Waals surface area contributed by atoms with E-state index in [0.717, 1.165) is 12.1 Å². The normalized spacial score (nSPS) is 13.7. The summed E-state index contributed by atoms with van der Waals surface area (Å²) in [6, 6.07) is 6.98. The summed E-state index contributed by atoms with van der Waals surface area (Å²) in [5.74, 6) is -1.14. The number of carbonyl (C=O) groups is 3. The first-order valence-electron chi connectivity index (χ1n) is 8.43. The van der Waals surface area contributed by atoms with E-state index >= 15 is 0 Å². The predicted molar refractivity (Wildman–Crippen MR) is 99.9 cm³/mol. The van der Waals surface area contributed by atoms with Crippen LogP contribution in [0.5, 0.6) is 0 Å². The maximum absolute atomic E-state index is 12.1. The molecule has 8 nitrogen and oxygen atoms in total. The Hall–Kier alpha value is -2.87. The van der Waals surface area contributed by atoms with Gasteiger partial charge in [0.05, 0.1) is 5.69 Å². The number of esters is 1. The molecule has 9 heteroatoms. The number of hydrogen-bond acceptors (Lipinski definition) is 5. The first-order valence-corrected chi connectivity index (χ1v) is 8.81. The number of nitrogens with one attached hydrogen (secondary N) is 1. The minimum atomic E-state index is -0.711. The molecule has 142 valence electrons. The molecule has 27 heavy (non-hydrogen) atoms. The van der Waals surface area contributed by atoms with Crippen LogP contribution in [-0.2, 0) is 21.4 Å². The number of carbonyl (C=O) groups excluding carboxylic acids is 3. The number of nitrogens with zero attached hydrogens (tertiary/aromatic N) is 3. The fraction of sp³-hybridized carbons (Fsp3) is 0.333. The van der Waals surface area contributed by atoms with E-state index in [4.69, 9.17) is 16.3 Å². The van der Waals surface area contributed by atoms with Crippen molar-refractivity contribution in [1.82, 2.24) is 9.78 Å². The summed E-state index contributed by atoms with van der Waals surface area (Å²) in [5.41, 5.74) is 1.81. The number of benzene rings is 1. The lowest BCUT2D eigenvalue weighted by Crippen LogP contribution is -2.24. The van der Waals surface area contributed by atoms with Gasteiger partial charge in [-0.15, -0.1) is 0 Å². The van der Waals surface area contributed by atoms with Gasteiger partial charge in [0.25, 0.3) is 5.91 Å². The van der Waals surface area contributed by atoms with Gasteiger partial charge in [0.2, 0.25) is 5.91 Å². The third kappa shape index (κ3) is 4.11. The average molecular weight is 391 g/mol. The Bertz CT molecular complexity index is 909. The Kier molecular flexibility index (Phi) is 5.46. The monoisotopic (exact) mass is 390 g/mol. The summed E-state index contributed by atoms with van der Waals surface area (Å²) in [6.45, 7) is 1.84. The van der Waals surface area contributed by atoms with Crippen LogP contribution in [0.2, 0.25) is 5.15 Å². The molecule has 1 aromatic heterocycles. The smallest absolute Gasteiger partial charge is 0.343 e. The van der Waals surface area contributed by atoms with Gasteiger partial charge in [-0.25, -0.2) is 4.79 Å². The molecule has 0 spiro atoms. The Morgan fingerprint density at radius 3 is 2.78 bits per heavy atom. The molecule has 1 saturated heterocycles. The zero-order valence-corrected chi connectivity index (χ0v) is 15.7. The molecule has 0 unspecified atom stereocenters. The first kappa shape index (κ1) is 18.9. The van der Waals surface area contributed by atoms with Crippen LogP contribution in [0.4, 0.5) is 11.4 Å². The summed E-state index contributed by atoms with van der Waals surface area (Å²) in [4.78, 5) is 37.8. The second kappa shape index (κ2) is 7.79. The Morgan fingerprint density at radius 1 is 1.37 bits per heavy atom. The lowest BCUT2D eigenvalue weighted by atomic mass is 10.2. The molecule has 1 fully saturated rings. The number of amides is 2. The average Bonchev–Trinajstić information content (AvgIpc) is 3.16. The molecule has 0 aliphatic carbocycles. The highest BCUT2D eigenvalue weighted by atomic mass is 35.5. The van der Waals surface area contributed by atoms with Gasteiger partial charge in [0, 0.05) is 31.4 Å². The Morgan fingerprint density at radius 2 is 2.15 bits per heavy atom. The summed E-state index contributed by atoms with van der Waals surface area (Å²) < 4.78 is 6.39. The minimum Gasteiger partial charge on any atom is -0.452 e. The predicted octanol–water partition coefficient (Wildman–Crippen LogP) is 2.30. The third-order valence-electron chi connectivity index (χ3n) is 4.21. The van der Waals surface area contributed by atoms with Gasteiger partial charge in [0.1, 0.15) is 10.7 Å². The number of aromatic nitrogens is 2. The molecule has 1 aliphatic heterocycles. The van der Waals surface area contributed by atoms with E-state index in [1.807, 2.05) is 6.07 Å². The van der Waals surface area contributed by atoms with Crippen molar-refractivity contribution in [2.45, 2.75) is 19.8 Å². The third-order valence-corrected chi connectivity index (χ3v) is 4.64. The highest BCUT2D eigenvalue weighted by molar-refractivity contribution is 6.32. The molecule has 2 aromatic rings. The van der Waals surface area contributed by atoms with Gasteiger partial charge in [-0.1, -0.05) is 17.7 Å². The van der Waals surface area contributed by atoms with Crippen LogP contribution in [-0.4, -0.2) is 40.7 Å². The molecule has 0 bridgehead atoms. The zero-order chi connectivity index (χ0) is 19.6. The molecular formula is C18H19ClN4O4. The number of rotatable bonds is 5. The number of halogens is 1. The van der Waals surface area contributed by atoms with Crippen LogP contribution < -0.4 is 10.2 Å². The largest absolute Gasteiger partial charge is 0.452 e. The minimum absolute atomic E-state index is 0.0659. The van der Waals surface area contributed by atoms with Crippen molar-refractivity contribution >= 4 is 40.8 Å². The first-order chi connectivity index (χ1) is 12.9. The maximum Gasteiger partial charge on any atom is 0.343 e. The quantitative estimate of drug-likeness (QED) is 0.790. The van der Waals surface area contributed by atoms with Crippen LogP contribution in [0.25, 0.3) is 0 Å². The van der Waals surface area contributed by atoms with Crippen molar-refractivity contribution in [1.29, 1.82) is 0 Å². The van der Waals surface area contributed by atoms with Crippen LogP contribution >= 0.6 is 11.6 Å². The van der Waals surface area contributed by atoms with Crippen molar-refractivity contribution in [3.63, 3.8) is 0 Å². The second-order valence-electron chi connectivity index (χ2n) is 6.20. The maximum atomic E-state index is 12.1. The molecule has 0 radical (unpaired) electrons. The lowest BCUT2D eigenvalue weighted by molar-refractivity contribution is -0.119. The van der Waals surface area contributed by atoms with E-state index < -0.39 is 18.5 Å². The van der Waals surface area contributed by atoms with Crippen molar-refractivity contribution < 1.29 is 19.1 Å². The molecule has 3 rings (SSSR count). The summed E-state index contributed by atoms with van der Waals surface area (Å²) in [5, 5.41) is 6.84. The summed E-state index contributed by atoms with van der Waals surface area (Å²) in [6.07, 6.45) is 1.35. The summed E-state index contributed by atoms with van der Waals surface area (Å²) >= 11 is 6.01. The molecule has 1 aromatic carbocycles. The van der Waals surface area contributed by atoms with Crippen LogP contribution in [0.1, 0.15) is 28.9 Å². The van der Waals surface area contributed by atoms with E-state index in [0.29, 0.717) is 24.3 Å². The standard InChI is InChI=1S/C18H19ClN4O4/c1-11-16(17(19)22(2)21-11)18(26)27-10-14(24)20-12-5-3-6-13(9-12)23-8-4-7-15(23)25/h3,5-6,9H,4,7-8,10H2,1-2H3,(H,20,24). The molecule has 2 heterocycles. The van der Waals surface area contributed by atoms with Crippen molar-refractivity contribution in [3.8, 4) is 0 Å². The van der Waals surface area contributed by atoms with Gasteiger partial charge in [-0.2, -0.15) is 5.10 Å². The van der Waals surface area contributed by atoms with Crippen LogP contribution in [0, 0.1) is 6.92 Å². The Labute approximate surface area is 161 Å². The van der Waals surface area contributed by atoms with Gasteiger partial charge in [0.15, 0.2) is 6.61 Å². The van der Waals surface area contributed by atoms with E-state index in [9.17, 15) is 14.4 Å². The topological polar surface area (TPSA) is 93.5 Å². The number of anilines is 2. The molecule has 0 atom stereocenters.